The largest absolute Gasteiger partial charge is 0.381 e. The van der Waals surface area contributed by atoms with Crippen molar-refractivity contribution in [3.8, 4) is 0 Å². The fourth-order valence-corrected chi connectivity index (χ4v) is 1.09. The first-order valence-corrected chi connectivity index (χ1v) is 4.02. The van der Waals surface area contributed by atoms with Crippen molar-refractivity contribution in [1.29, 1.82) is 0 Å². The van der Waals surface area contributed by atoms with Gasteiger partial charge in [-0.05, 0) is 19.5 Å². The molecule has 0 amide bonds. The van der Waals surface area contributed by atoms with E-state index in [1.165, 1.54) is 0 Å². The van der Waals surface area contributed by atoms with E-state index in [2.05, 4.69) is 22.4 Å². The number of nitrogens with zero attached hydrogens (tertiary/aromatic N) is 3. The van der Waals surface area contributed by atoms with E-state index in [1.54, 1.807) is 11.0 Å². The second kappa shape index (κ2) is 4.06. The number of nitrogens with two attached hydrogens (primary N) is 1. The number of anilines is 1. The Labute approximate surface area is 71.9 Å². The van der Waals surface area contributed by atoms with Gasteiger partial charge in [-0.15, -0.1) is 5.10 Å². The topological polar surface area (TPSA) is 68.8 Å². The molecular formula is C7H15N5. The number of aromatic nitrogens is 3. The average Bonchev–Trinajstić information content (AvgIpc) is 2.36. The molecule has 0 bridgehead atoms. The zero-order chi connectivity index (χ0) is 8.97. The molecule has 1 atom stereocenters. The summed E-state index contributed by atoms with van der Waals surface area (Å²) in [5, 5.41) is 11.1. The highest BCUT2D eigenvalue weighted by Gasteiger charge is 2.03. The van der Waals surface area contributed by atoms with Gasteiger partial charge in [-0.25, -0.2) is 0 Å². The molecule has 0 saturated carbocycles. The number of hydrogen-bond donors (Lipinski definition) is 2. The Morgan fingerprint density at radius 2 is 2.50 bits per heavy atom. The Morgan fingerprint density at radius 1 is 1.75 bits per heavy atom. The Kier molecular flexibility index (Phi) is 3.04. The maximum atomic E-state index is 5.42. The fraction of sp³-hybridized carbons (Fsp3) is 0.714. The molecule has 12 heavy (non-hydrogen) atoms. The van der Waals surface area contributed by atoms with Gasteiger partial charge in [0.1, 0.15) is 0 Å². The first kappa shape index (κ1) is 8.99. The molecule has 1 aromatic rings. The molecule has 0 radical (unpaired) electrons. The summed E-state index contributed by atoms with van der Waals surface area (Å²) in [7, 11) is 1.93. The Morgan fingerprint density at radius 3 is 3.00 bits per heavy atom. The smallest absolute Gasteiger partial charge is 0.165 e. The minimum absolute atomic E-state index is 0.478. The van der Waals surface area contributed by atoms with Crippen LogP contribution < -0.4 is 11.1 Å². The number of nitrogens with one attached hydrogen (secondary N) is 1. The summed E-state index contributed by atoms with van der Waals surface area (Å²) < 4.78 is 0. The van der Waals surface area contributed by atoms with Crippen molar-refractivity contribution in [3.63, 3.8) is 0 Å². The summed E-state index contributed by atoms with van der Waals surface area (Å²) in [6.07, 6.45) is 1.56. The molecule has 0 fully saturated rings. The summed E-state index contributed by atoms with van der Waals surface area (Å²) in [5.41, 5.74) is 5.42. The minimum atomic E-state index is 0.478. The van der Waals surface area contributed by atoms with E-state index >= 15 is 0 Å². The molecule has 1 rings (SSSR count). The van der Waals surface area contributed by atoms with Crippen molar-refractivity contribution in [2.45, 2.75) is 13.5 Å². The highest BCUT2D eigenvalue weighted by Crippen LogP contribution is 1.98. The second-order valence-corrected chi connectivity index (χ2v) is 2.99. The quantitative estimate of drug-likeness (QED) is 0.650. The van der Waals surface area contributed by atoms with E-state index in [-0.39, 0.29) is 0 Å². The Balaban J connectivity index is 2.41. The number of hydrogen-bond acceptors (Lipinski definition) is 4. The molecule has 0 spiro atoms. The van der Waals surface area contributed by atoms with Crippen LogP contribution in [0.2, 0.25) is 0 Å². The third kappa shape index (κ3) is 2.50. The number of nitrogen functional groups attached to an aromatic ring is 1. The lowest BCUT2D eigenvalue weighted by molar-refractivity contribution is 0.402. The summed E-state index contributed by atoms with van der Waals surface area (Å²) in [5.74, 6) is 0.994. The van der Waals surface area contributed by atoms with Crippen LogP contribution in [0.15, 0.2) is 6.20 Å². The van der Waals surface area contributed by atoms with Crippen LogP contribution in [0.25, 0.3) is 0 Å². The predicted octanol–water partition coefficient (Wildman–Crippen LogP) is -0.284. The lowest BCUT2D eigenvalue weighted by Crippen LogP contribution is -2.21. The maximum absolute atomic E-state index is 5.42. The van der Waals surface area contributed by atoms with Gasteiger partial charge in [-0.1, -0.05) is 6.92 Å². The first-order valence-electron chi connectivity index (χ1n) is 4.02. The van der Waals surface area contributed by atoms with Crippen LogP contribution in [-0.2, 0) is 6.54 Å². The van der Waals surface area contributed by atoms with Gasteiger partial charge >= 0.3 is 0 Å². The van der Waals surface area contributed by atoms with E-state index in [0.29, 0.717) is 11.7 Å². The van der Waals surface area contributed by atoms with Crippen LogP contribution in [0.3, 0.4) is 0 Å². The molecule has 0 aliphatic rings. The lowest BCUT2D eigenvalue weighted by atomic mass is 10.2. The summed E-state index contributed by atoms with van der Waals surface area (Å²) in [4.78, 5) is 1.62. The van der Waals surface area contributed by atoms with Gasteiger partial charge in [0.15, 0.2) is 5.82 Å². The molecule has 3 N–H and O–H groups in total. The molecule has 5 nitrogen and oxygen atoms in total. The highest BCUT2D eigenvalue weighted by atomic mass is 15.5. The van der Waals surface area contributed by atoms with E-state index < -0.39 is 0 Å². The predicted molar refractivity (Wildman–Crippen MR) is 47.5 cm³/mol. The summed E-state index contributed by atoms with van der Waals surface area (Å²) in [6, 6.07) is 0. The van der Waals surface area contributed by atoms with E-state index in [9.17, 15) is 0 Å². The van der Waals surface area contributed by atoms with Crippen LogP contribution in [0.5, 0.6) is 0 Å². The molecule has 0 aliphatic carbocycles. The van der Waals surface area contributed by atoms with Crippen LogP contribution in [0.1, 0.15) is 6.92 Å². The van der Waals surface area contributed by atoms with Crippen molar-refractivity contribution in [1.82, 2.24) is 20.3 Å². The molecule has 1 heterocycles. The standard InChI is InChI=1S/C7H15N5/c1-6(3-9-2)5-12-10-4-7(8)11-12/h4,6,9H,3,5H2,1-2H3,(H2,8,11). The molecule has 5 heteroatoms. The lowest BCUT2D eigenvalue weighted by Gasteiger charge is -2.08. The minimum Gasteiger partial charge on any atom is -0.381 e. The highest BCUT2D eigenvalue weighted by molar-refractivity contribution is 5.19. The fourth-order valence-electron chi connectivity index (χ4n) is 1.09. The Bertz CT molecular complexity index is 231. The molecule has 0 aromatic carbocycles. The zero-order valence-corrected chi connectivity index (χ0v) is 7.49. The van der Waals surface area contributed by atoms with Gasteiger partial charge in [0.25, 0.3) is 0 Å². The average molecular weight is 169 g/mol. The number of rotatable bonds is 4. The van der Waals surface area contributed by atoms with Crippen molar-refractivity contribution in [2.24, 2.45) is 5.92 Å². The maximum Gasteiger partial charge on any atom is 0.165 e. The normalized spacial score (nSPS) is 13.2. The summed E-state index contributed by atoms with van der Waals surface area (Å²) >= 11 is 0. The molecule has 1 unspecified atom stereocenters. The molecule has 68 valence electrons. The third-order valence-corrected chi connectivity index (χ3v) is 1.58. The van der Waals surface area contributed by atoms with Gasteiger partial charge in [-0.2, -0.15) is 9.90 Å². The van der Waals surface area contributed by atoms with E-state index in [1.807, 2.05) is 7.05 Å². The first-order chi connectivity index (χ1) is 5.72. The van der Waals surface area contributed by atoms with Gasteiger partial charge in [-0.3, -0.25) is 0 Å². The van der Waals surface area contributed by atoms with Crippen LogP contribution in [0.4, 0.5) is 5.82 Å². The molecular weight excluding hydrogens is 154 g/mol. The monoisotopic (exact) mass is 169 g/mol. The van der Waals surface area contributed by atoms with Gasteiger partial charge in [0.2, 0.25) is 0 Å². The molecule has 1 aromatic heterocycles. The van der Waals surface area contributed by atoms with Gasteiger partial charge in [0, 0.05) is 0 Å². The van der Waals surface area contributed by atoms with Gasteiger partial charge < -0.3 is 11.1 Å². The van der Waals surface area contributed by atoms with Crippen molar-refractivity contribution < 1.29 is 0 Å². The summed E-state index contributed by atoms with van der Waals surface area (Å²) in [6.45, 7) is 3.90. The second-order valence-electron chi connectivity index (χ2n) is 2.99. The third-order valence-electron chi connectivity index (χ3n) is 1.58. The van der Waals surface area contributed by atoms with E-state index in [0.717, 1.165) is 13.1 Å². The molecule has 0 aliphatic heterocycles. The van der Waals surface area contributed by atoms with Crippen LogP contribution in [0, 0.1) is 5.92 Å². The van der Waals surface area contributed by atoms with Crippen LogP contribution in [-0.4, -0.2) is 28.6 Å². The molecule has 0 saturated heterocycles. The van der Waals surface area contributed by atoms with Gasteiger partial charge in [0.05, 0.1) is 12.7 Å². The zero-order valence-electron chi connectivity index (χ0n) is 7.49. The van der Waals surface area contributed by atoms with E-state index in [4.69, 9.17) is 5.73 Å². The van der Waals surface area contributed by atoms with Crippen molar-refractivity contribution in [2.75, 3.05) is 19.3 Å². The van der Waals surface area contributed by atoms with Crippen molar-refractivity contribution in [3.05, 3.63) is 6.20 Å². The van der Waals surface area contributed by atoms with Crippen molar-refractivity contribution >= 4 is 5.82 Å². The Hall–Kier alpha value is -1.10. The SMILES string of the molecule is CNCC(C)Cn1ncc(N)n1. The van der Waals surface area contributed by atoms with Crippen LogP contribution >= 0.6 is 0 Å².